The number of aliphatic carboxylic acids is 1. The zero-order valence-electron chi connectivity index (χ0n) is 5.04. The number of halogens is 1. The Hall–Kier alpha value is -0.280. The summed E-state index contributed by atoms with van der Waals surface area (Å²) in [6.45, 7) is 1.67. The molecule has 0 aliphatic heterocycles. The Labute approximate surface area is 58.3 Å². The zero-order valence-corrected chi connectivity index (χ0v) is 5.80. The number of aliphatic hydroxyl groups excluding tert-OH is 1. The molecule has 2 N–H and O–H groups in total. The number of hydrogen-bond donors (Lipinski definition) is 2. The molecule has 0 aliphatic carbocycles. The van der Waals surface area contributed by atoms with Crippen LogP contribution in [0.4, 0.5) is 0 Å². The molecule has 0 aromatic heterocycles. The van der Waals surface area contributed by atoms with E-state index in [0.717, 1.165) is 0 Å². The number of carboxylic acid groups (broad SMARTS) is 1. The highest BCUT2D eigenvalue weighted by atomic mass is 35.5. The van der Waals surface area contributed by atoms with Crippen molar-refractivity contribution in [3.05, 3.63) is 0 Å². The molecule has 2 atom stereocenters. The van der Waals surface area contributed by atoms with E-state index in [1.807, 2.05) is 0 Å². The molecule has 0 spiro atoms. The van der Waals surface area contributed by atoms with E-state index in [9.17, 15) is 4.79 Å². The smallest absolute Gasteiger partial charge is 0.324 e. The van der Waals surface area contributed by atoms with Gasteiger partial charge in [-0.25, -0.2) is 0 Å². The monoisotopic (exact) mass is 152 g/mol. The van der Waals surface area contributed by atoms with Crippen LogP contribution in [0, 0.1) is 0 Å². The predicted octanol–water partition coefficient (Wildman–Crippen LogP) is 0.449. The summed E-state index contributed by atoms with van der Waals surface area (Å²) in [5.74, 6) is -1.17. The van der Waals surface area contributed by atoms with Crippen molar-refractivity contribution >= 4 is 17.6 Å². The summed E-state index contributed by atoms with van der Waals surface area (Å²) in [7, 11) is 0. The minimum Gasteiger partial charge on any atom is -0.480 e. The van der Waals surface area contributed by atoms with Crippen LogP contribution in [0.25, 0.3) is 0 Å². The second-order valence-corrected chi connectivity index (χ2v) is 2.19. The van der Waals surface area contributed by atoms with Crippen molar-refractivity contribution in [3.63, 3.8) is 0 Å². The lowest BCUT2D eigenvalue weighted by Gasteiger charge is -2.08. The van der Waals surface area contributed by atoms with E-state index in [1.165, 1.54) is 0 Å². The molecule has 0 heterocycles. The van der Waals surface area contributed by atoms with Crippen molar-refractivity contribution in [2.24, 2.45) is 0 Å². The summed E-state index contributed by atoms with van der Waals surface area (Å²) in [6, 6.07) is 0. The number of hydrogen-bond acceptors (Lipinski definition) is 2. The molecule has 0 aromatic carbocycles. The summed E-state index contributed by atoms with van der Waals surface area (Å²) < 4.78 is 0. The molecule has 0 saturated carbocycles. The number of carbonyl (C=O) groups is 1. The third kappa shape index (κ3) is 2.67. The van der Waals surface area contributed by atoms with Crippen LogP contribution in [0.1, 0.15) is 13.3 Å². The second kappa shape index (κ2) is 3.69. The van der Waals surface area contributed by atoms with Gasteiger partial charge in [0.1, 0.15) is 0 Å². The summed E-state index contributed by atoms with van der Waals surface area (Å²) in [5, 5.41) is 15.8. The number of rotatable bonds is 3. The normalized spacial score (nSPS) is 16.8. The van der Waals surface area contributed by atoms with Gasteiger partial charge >= 0.3 is 5.97 Å². The average Bonchev–Trinajstić information content (AvgIpc) is 1.84. The first-order valence-corrected chi connectivity index (χ1v) is 3.08. The van der Waals surface area contributed by atoms with Crippen LogP contribution < -0.4 is 0 Å². The van der Waals surface area contributed by atoms with E-state index in [0.29, 0.717) is 6.42 Å². The fraction of sp³-hybridized carbons (Fsp3) is 0.800. The molecule has 0 fully saturated rings. The minimum atomic E-state index is -1.17. The Morgan fingerprint density at radius 1 is 1.78 bits per heavy atom. The summed E-state index contributed by atoms with van der Waals surface area (Å²) in [6.07, 6.45) is -0.579. The Kier molecular flexibility index (Phi) is 3.58. The molecule has 0 rings (SSSR count). The van der Waals surface area contributed by atoms with Crippen LogP contribution in [0.15, 0.2) is 0 Å². The second-order valence-electron chi connectivity index (χ2n) is 1.72. The Bertz CT molecular complexity index is 104. The first-order chi connectivity index (χ1) is 4.09. The molecule has 0 aliphatic rings. The Morgan fingerprint density at radius 3 is 2.33 bits per heavy atom. The van der Waals surface area contributed by atoms with Crippen LogP contribution in [-0.4, -0.2) is 27.7 Å². The van der Waals surface area contributed by atoms with Crippen LogP contribution in [-0.2, 0) is 4.79 Å². The molecular formula is C5H9ClO3. The van der Waals surface area contributed by atoms with Gasteiger partial charge in [-0.3, -0.25) is 4.79 Å². The van der Waals surface area contributed by atoms with Crippen molar-refractivity contribution < 1.29 is 15.0 Å². The van der Waals surface area contributed by atoms with Crippen LogP contribution in [0.3, 0.4) is 0 Å². The molecule has 9 heavy (non-hydrogen) atoms. The molecule has 0 unspecified atom stereocenters. The van der Waals surface area contributed by atoms with E-state index < -0.39 is 17.5 Å². The zero-order chi connectivity index (χ0) is 7.44. The van der Waals surface area contributed by atoms with Gasteiger partial charge in [0.25, 0.3) is 0 Å². The van der Waals surface area contributed by atoms with Crippen LogP contribution in [0.5, 0.6) is 0 Å². The van der Waals surface area contributed by atoms with Crippen LogP contribution in [0.2, 0.25) is 0 Å². The number of carboxylic acids is 1. The maximum absolute atomic E-state index is 10.0. The fourth-order valence-corrected chi connectivity index (χ4v) is 0.550. The molecule has 54 valence electrons. The highest BCUT2D eigenvalue weighted by molar-refractivity contribution is 6.30. The van der Waals surface area contributed by atoms with E-state index in [2.05, 4.69) is 0 Å². The molecule has 0 bridgehead atoms. The SMILES string of the molecule is CC[C@@H](O)[C@@H](Cl)C(=O)O. The maximum atomic E-state index is 10.0. The van der Waals surface area contributed by atoms with Gasteiger partial charge in [-0.1, -0.05) is 6.92 Å². The minimum absolute atomic E-state index is 0.362. The molecule has 4 heteroatoms. The standard InChI is InChI=1S/C5H9ClO3/c1-2-3(7)4(6)5(8)9/h3-4,7H,2H2,1H3,(H,8,9)/t3-,4-/m1/s1. The van der Waals surface area contributed by atoms with E-state index in [-0.39, 0.29) is 0 Å². The van der Waals surface area contributed by atoms with Gasteiger partial charge in [-0.15, -0.1) is 11.6 Å². The topological polar surface area (TPSA) is 57.5 Å². The van der Waals surface area contributed by atoms with E-state index in [1.54, 1.807) is 6.92 Å². The van der Waals surface area contributed by atoms with E-state index >= 15 is 0 Å². The quantitative estimate of drug-likeness (QED) is 0.578. The lowest BCUT2D eigenvalue weighted by molar-refractivity contribution is -0.138. The summed E-state index contributed by atoms with van der Waals surface area (Å²) in [4.78, 5) is 10.0. The first kappa shape index (κ1) is 8.72. The van der Waals surface area contributed by atoms with Gasteiger partial charge in [-0.2, -0.15) is 0 Å². The fourth-order valence-electron chi connectivity index (χ4n) is 0.372. The number of aliphatic hydroxyl groups is 1. The predicted molar refractivity (Wildman–Crippen MR) is 33.6 cm³/mol. The van der Waals surface area contributed by atoms with Crippen molar-refractivity contribution in [3.8, 4) is 0 Å². The lowest BCUT2D eigenvalue weighted by atomic mass is 10.2. The van der Waals surface area contributed by atoms with Gasteiger partial charge in [0.05, 0.1) is 6.10 Å². The van der Waals surface area contributed by atoms with Gasteiger partial charge in [0.15, 0.2) is 5.38 Å². The first-order valence-electron chi connectivity index (χ1n) is 2.64. The Morgan fingerprint density at radius 2 is 2.22 bits per heavy atom. The Balaban J connectivity index is 3.72. The largest absolute Gasteiger partial charge is 0.480 e. The van der Waals surface area contributed by atoms with Gasteiger partial charge in [0.2, 0.25) is 0 Å². The van der Waals surface area contributed by atoms with Crippen molar-refractivity contribution in [2.75, 3.05) is 0 Å². The molecule has 3 nitrogen and oxygen atoms in total. The highest BCUT2D eigenvalue weighted by Gasteiger charge is 2.21. The summed E-state index contributed by atoms with van der Waals surface area (Å²) >= 11 is 5.22. The van der Waals surface area contributed by atoms with E-state index in [4.69, 9.17) is 21.8 Å². The number of alkyl halides is 1. The molecule has 0 radical (unpaired) electrons. The summed E-state index contributed by atoms with van der Waals surface area (Å²) in [5.41, 5.74) is 0. The third-order valence-corrected chi connectivity index (χ3v) is 1.47. The van der Waals surface area contributed by atoms with Gasteiger partial charge in [0, 0.05) is 0 Å². The van der Waals surface area contributed by atoms with Gasteiger partial charge < -0.3 is 10.2 Å². The van der Waals surface area contributed by atoms with Crippen LogP contribution >= 0.6 is 11.6 Å². The third-order valence-electron chi connectivity index (χ3n) is 0.992. The molecule has 0 aromatic rings. The van der Waals surface area contributed by atoms with Crippen molar-refractivity contribution in [1.29, 1.82) is 0 Å². The molecular weight excluding hydrogens is 144 g/mol. The molecule has 0 saturated heterocycles. The van der Waals surface area contributed by atoms with Crippen molar-refractivity contribution in [1.82, 2.24) is 0 Å². The lowest BCUT2D eigenvalue weighted by Crippen LogP contribution is -2.27. The maximum Gasteiger partial charge on any atom is 0.324 e. The average molecular weight is 153 g/mol. The molecule has 0 amide bonds. The van der Waals surface area contributed by atoms with Crippen molar-refractivity contribution in [2.45, 2.75) is 24.8 Å². The highest BCUT2D eigenvalue weighted by Crippen LogP contribution is 2.05. The van der Waals surface area contributed by atoms with Gasteiger partial charge in [-0.05, 0) is 6.42 Å².